The van der Waals surface area contributed by atoms with Crippen LogP contribution in [0.4, 0.5) is 0 Å². The first kappa shape index (κ1) is 26.0. The van der Waals surface area contributed by atoms with E-state index in [0.29, 0.717) is 5.70 Å². The third-order valence-electron chi connectivity index (χ3n) is 7.34. The molecule has 0 amide bonds. The molecule has 0 fully saturated rings. The average molecular weight is 558 g/mol. The molecule has 0 aliphatic rings. The number of aliphatic imine (C=N–C) groups is 1. The Labute approximate surface area is 248 Å². The second kappa shape index (κ2) is 11.1. The van der Waals surface area contributed by atoms with Gasteiger partial charge in [0.25, 0.3) is 0 Å². The molecule has 7 heteroatoms. The van der Waals surface area contributed by atoms with Gasteiger partial charge in [-0.25, -0.2) is 14.4 Å². The highest BCUT2D eigenvalue weighted by Crippen LogP contribution is 2.27. The number of aromatic nitrogens is 6. The summed E-state index contributed by atoms with van der Waals surface area (Å²) in [5, 5.41) is 17.8. The molecule has 0 N–H and O–H groups in total. The molecule has 0 saturated carbocycles. The molecule has 0 aliphatic heterocycles. The number of nitrogens with zero attached hydrogens (tertiary/aromatic N) is 7. The van der Waals surface area contributed by atoms with Crippen molar-refractivity contribution in [3.63, 3.8) is 0 Å². The van der Waals surface area contributed by atoms with Crippen molar-refractivity contribution in [2.24, 2.45) is 4.99 Å². The third kappa shape index (κ3) is 5.15. The molecule has 0 radical (unpaired) electrons. The van der Waals surface area contributed by atoms with Crippen molar-refractivity contribution in [2.45, 2.75) is 6.92 Å². The Hall–Kier alpha value is -5.95. The zero-order valence-corrected chi connectivity index (χ0v) is 23.5. The van der Waals surface area contributed by atoms with Gasteiger partial charge >= 0.3 is 0 Å². The van der Waals surface area contributed by atoms with Crippen molar-refractivity contribution in [1.29, 1.82) is 0 Å². The van der Waals surface area contributed by atoms with Crippen LogP contribution in [0, 0.1) is 0 Å². The summed E-state index contributed by atoms with van der Waals surface area (Å²) in [6.45, 7) is 6.36. The second-order valence-corrected chi connectivity index (χ2v) is 10.2. The largest absolute Gasteiger partial charge is 0.248 e. The fourth-order valence-corrected chi connectivity index (χ4v) is 5.10. The van der Waals surface area contributed by atoms with Gasteiger partial charge in [-0.05, 0) is 72.2 Å². The lowest BCUT2D eigenvalue weighted by atomic mass is 10.0. The lowest BCUT2D eigenvalue weighted by Crippen LogP contribution is -2.04. The van der Waals surface area contributed by atoms with E-state index in [1.165, 1.54) is 0 Å². The Balaban J connectivity index is 1.40. The summed E-state index contributed by atoms with van der Waals surface area (Å²) in [4.78, 5) is 5.00. The molecular weight excluding hydrogens is 530 g/mol. The summed E-state index contributed by atoms with van der Waals surface area (Å²) >= 11 is 0. The van der Waals surface area contributed by atoms with Gasteiger partial charge in [-0.2, -0.15) is 0 Å². The zero-order chi connectivity index (χ0) is 29.2. The van der Waals surface area contributed by atoms with Crippen molar-refractivity contribution in [3.8, 4) is 11.4 Å². The van der Waals surface area contributed by atoms with E-state index >= 15 is 0 Å². The molecule has 0 spiro atoms. The fourth-order valence-electron chi connectivity index (χ4n) is 5.10. The van der Waals surface area contributed by atoms with E-state index in [9.17, 15) is 0 Å². The van der Waals surface area contributed by atoms with E-state index < -0.39 is 0 Å². The number of benzene rings is 5. The number of fused-ring (bicyclic) bond motifs is 2. The SMILES string of the molecule is C=C(/N=C(\C=C(/C)c1cc(-n2nnc3ccccc32)cc(-n2nnc3ccccc32)c1)c1ccccc1)c1ccccc1. The highest BCUT2D eigenvalue weighted by atomic mass is 15.4. The Bertz CT molecular complexity index is 2060. The minimum atomic E-state index is 0.695. The van der Waals surface area contributed by atoms with Crippen LogP contribution in [0.15, 0.2) is 145 Å². The van der Waals surface area contributed by atoms with Crippen molar-refractivity contribution in [2.75, 3.05) is 0 Å². The van der Waals surface area contributed by atoms with Crippen LogP contribution >= 0.6 is 0 Å². The maximum atomic E-state index is 5.00. The summed E-state index contributed by atoms with van der Waals surface area (Å²) in [7, 11) is 0. The second-order valence-electron chi connectivity index (χ2n) is 10.2. The maximum absolute atomic E-state index is 5.00. The molecule has 43 heavy (non-hydrogen) atoms. The first-order chi connectivity index (χ1) is 21.1. The van der Waals surface area contributed by atoms with Crippen LogP contribution < -0.4 is 0 Å². The topological polar surface area (TPSA) is 73.8 Å². The van der Waals surface area contributed by atoms with Gasteiger partial charge in [0.05, 0.1) is 33.8 Å². The predicted octanol–water partition coefficient (Wildman–Crippen LogP) is 7.72. The summed E-state index contributed by atoms with van der Waals surface area (Å²) in [5.41, 5.74) is 10.7. The maximum Gasteiger partial charge on any atom is 0.113 e. The molecule has 7 nitrogen and oxygen atoms in total. The van der Waals surface area contributed by atoms with Gasteiger partial charge in [0.1, 0.15) is 11.0 Å². The van der Waals surface area contributed by atoms with E-state index in [4.69, 9.17) is 4.99 Å². The van der Waals surface area contributed by atoms with Gasteiger partial charge in [0.2, 0.25) is 0 Å². The smallest absolute Gasteiger partial charge is 0.113 e. The zero-order valence-electron chi connectivity index (χ0n) is 23.5. The molecule has 0 unspecified atom stereocenters. The van der Waals surface area contributed by atoms with Crippen LogP contribution in [0.3, 0.4) is 0 Å². The number of hydrogen-bond acceptors (Lipinski definition) is 5. The molecule has 7 aromatic rings. The van der Waals surface area contributed by atoms with E-state index in [2.05, 4.69) is 70.5 Å². The number of hydrogen-bond donors (Lipinski definition) is 0. The number of rotatable bonds is 7. The van der Waals surface area contributed by atoms with Crippen LogP contribution in [0.5, 0.6) is 0 Å². The molecular formula is C36H27N7. The van der Waals surface area contributed by atoms with Crippen molar-refractivity contribution in [3.05, 3.63) is 157 Å². The van der Waals surface area contributed by atoms with Gasteiger partial charge in [0, 0.05) is 5.56 Å². The number of allylic oxidation sites excluding steroid dienone is 2. The Kier molecular flexibility index (Phi) is 6.73. The molecule has 0 bridgehead atoms. The van der Waals surface area contributed by atoms with Gasteiger partial charge in [0.15, 0.2) is 0 Å². The molecule has 5 aromatic carbocycles. The monoisotopic (exact) mass is 557 g/mol. The fraction of sp³-hybridized carbons (Fsp3) is 0.0278. The van der Waals surface area contributed by atoms with Crippen LogP contribution in [-0.4, -0.2) is 35.7 Å². The minimum absolute atomic E-state index is 0.695. The minimum Gasteiger partial charge on any atom is -0.248 e. The first-order valence-electron chi connectivity index (χ1n) is 14.0. The first-order valence-corrected chi connectivity index (χ1v) is 14.0. The summed E-state index contributed by atoms with van der Waals surface area (Å²) in [5.74, 6) is 0. The molecule has 0 saturated heterocycles. The predicted molar refractivity (Wildman–Crippen MR) is 173 cm³/mol. The van der Waals surface area contributed by atoms with Crippen LogP contribution in [0.25, 0.3) is 44.7 Å². The molecule has 2 aromatic heterocycles. The van der Waals surface area contributed by atoms with Crippen molar-refractivity contribution in [1.82, 2.24) is 30.0 Å². The summed E-state index contributed by atoms with van der Waals surface area (Å²) < 4.78 is 3.72. The Morgan fingerprint density at radius 1 is 0.605 bits per heavy atom. The van der Waals surface area contributed by atoms with E-state index in [-0.39, 0.29) is 0 Å². The van der Waals surface area contributed by atoms with Crippen LogP contribution in [0.1, 0.15) is 23.6 Å². The molecule has 7 rings (SSSR count). The quantitative estimate of drug-likeness (QED) is 0.188. The standard InChI is InChI=1S/C36H27N7/c1-25(21-34(28-15-7-4-8-16-28)37-26(2)27-13-5-3-6-14-27)29-22-30(42-35-19-11-9-17-32(35)38-40-42)24-31(23-29)43-36-20-12-10-18-33(36)39-41-43/h3-24H,2H2,1H3/b25-21+,37-34+. The third-order valence-corrected chi connectivity index (χ3v) is 7.34. The lowest BCUT2D eigenvalue weighted by molar-refractivity contribution is 0.806. The van der Waals surface area contributed by atoms with E-state index in [1.54, 1.807) is 0 Å². The van der Waals surface area contributed by atoms with Crippen LogP contribution in [0.2, 0.25) is 0 Å². The molecule has 2 heterocycles. The summed E-state index contributed by atoms with van der Waals surface area (Å²) in [6, 6.07) is 42.3. The molecule has 206 valence electrons. The van der Waals surface area contributed by atoms with Crippen molar-refractivity contribution >= 4 is 39.0 Å². The average Bonchev–Trinajstić information content (AvgIpc) is 3.70. The Morgan fingerprint density at radius 2 is 1.09 bits per heavy atom. The van der Waals surface area contributed by atoms with Gasteiger partial charge in [-0.1, -0.05) is 102 Å². The lowest BCUT2D eigenvalue weighted by Gasteiger charge is -2.12. The van der Waals surface area contributed by atoms with E-state index in [0.717, 1.165) is 61.4 Å². The van der Waals surface area contributed by atoms with Gasteiger partial charge in [-0.15, -0.1) is 10.2 Å². The summed E-state index contributed by atoms with van der Waals surface area (Å²) in [6.07, 6.45) is 2.10. The molecule has 0 atom stereocenters. The molecule has 0 aliphatic carbocycles. The van der Waals surface area contributed by atoms with E-state index in [1.807, 2.05) is 106 Å². The highest BCUT2D eigenvalue weighted by Gasteiger charge is 2.14. The van der Waals surface area contributed by atoms with Gasteiger partial charge in [-0.3, -0.25) is 0 Å². The Morgan fingerprint density at radius 3 is 1.65 bits per heavy atom. The van der Waals surface area contributed by atoms with Crippen LogP contribution in [-0.2, 0) is 0 Å². The highest BCUT2D eigenvalue weighted by molar-refractivity contribution is 6.14. The number of para-hydroxylation sites is 2. The normalized spacial score (nSPS) is 12.2. The van der Waals surface area contributed by atoms with Gasteiger partial charge < -0.3 is 0 Å². The van der Waals surface area contributed by atoms with Crippen molar-refractivity contribution < 1.29 is 0 Å².